The lowest BCUT2D eigenvalue weighted by molar-refractivity contribution is 0.185. The molecule has 1 aliphatic rings. The zero-order chi connectivity index (χ0) is 11.4. The van der Waals surface area contributed by atoms with E-state index < -0.39 is 0 Å². The Morgan fingerprint density at radius 2 is 2.50 bits per heavy atom. The van der Waals surface area contributed by atoms with Crippen LogP contribution in [0.15, 0.2) is 5.38 Å². The summed E-state index contributed by atoms with van der Waals surface area (Å²) >= 11 is 1.75. The van der Waals surface area contributed by atoms with E-state index in [9.17, 15) is 0 Å². The van der Waals surface area contributed by atoms with Crippen LogP contribution in [0.5, 0.6) is 0 Å². The molecule has 16 heavy (non-hydrogen) atoms. The van der Waals surface area contributed by atoms with E-state index in [0.717, 1.165) is 19.6 Å². The third-order valence-electron chi connectivity index (χ3n) is 3.03. The lowest BCUT2D eigenvalue weighted by Crippen LogP contribution is -2.50. The van der Waals surface area contributed by atoms with Crippen LogP contribution in [0, 0.1) is 6.92 Å². The predicted molar refractivity (Wildman–Crippen MR) is 68.8 cm³/mol. The third kappa shape index (κ3) is 3.27. The Labute approximate surface area is 102 Å². The average molecular weight is 239 g/mol. The molecule has 2 heterocycles. The molecule has 0 saturated carbocycles. The SMILES string of the molecule is CCCC1CN(Cc2csc(C)n2)CCN1. The molecule has 0 spiro atoms. The van der Waals surface area contributed by atoms with Crippen LogP contribution >= 0.6 is 11.3 Å². The summed E-state index contributed by atoms with van der Waals surface area (Å²) in [5, 5.41) is 6.94. The molecule has 2 rings (SSSR count). The fourth-order valence-electron chi connectivity index (χ4n) is 2.29. The highest BCUT2D eigenvalue weighted by Gasteiger charge is 2.18. The molecular weight excluding hydrogens is 218 g/mol. The molecule has 1 saturated heterocycles. The number of piperazine rings is 1. The Kier molecular flexibility index (Phi) is 4.32. The lowest BCUT2D eigenvalue weighted by atomic mass is 10.1. The zero-order valence-electron chi connectivity index (χ0n) is 10.2. The number of hydrogen-bond donors (Lipinski definition) is 1. The number of hydrogen-bond acceptors (Lipinski definition) is 4. The number of aromatic nitrogens is 1. The second kappa shape index (κ2) is 5.75. The Balaban J connectivity index is 1.85. The van der Waals surface area contributed by atoms with Crippen molar-refractivity contribution in [2.45, 2.75) is 39.3 Å². The Hall–Kier alpha value is -0.450. The van der Waals surface area contributed by atoms with Crippen molar-refractivity contribution in [1.82, 2.24) is 15.2 Å². The molecule has 1 aliphatic heterocycles. The van der Waals surface area contributed by atoms with Crippen molar-refractivity contribution in [3.8, 4) is 0 Å². The monoisotopic (exact) mass is 239 g/mol. The molecule has 4 heteroatoms. The van der Waals surface area contributed by atoms with Gasteiger partial charge >= 0.3 is 0 Å². The predicted octanol–water partition coefficient (Wildman–Crippen LogP) is 2.03. The largest absolute Gasteiger partial charge is 0.311 e. The van der Waals surface area contributed by atoms with Crippen LogP contribution in [0.25, 0.3) is 0 Å². The van der Waals surface area contributed by atoms with Crippen molar-refractivity contribution in [1.29, 1.82) is 0 Å². The van der Waals surface area contributed by atoms with Gasteiger partial charge in [0, 0.05) is 37.6 Å². The molecule has 90 valence electrons. The third-order valence-corrected chi connectivity index (χ3v) is 3.85. The van der Waals surface area contributed by atoms with Crippen molar-refractivity contribution in [2.75, 3.05) is 19.6 Å². The second-order valence-electron chi connectivity index (χ2n) is 4.53. The average Bonchev–Trinajstić information content (AvgIpc) is 2.65. The van der Waals surface area contributed by atoms with Gasteiger partial charge in [-0.25, -0.2) is 4.98 Å². The number of nitrogens with one attached hydrogen (secondary N) is 1. The molecular formula is C12H21N3S. The van der Waals surface area contributed by atoms with Crippen molar-refractivity contribution in [3.63, 3.8) is 0 Å². The first-order chi connectivity index (χ1) is 7.78. The smallest absolute Gasteiger partial charge is 0.0897 e. The van der Waals surface area contributed by atoms with E-state index in [4.69, 9.17) is 0 Å². The van der Waals surface area contributed by atoms with Crippen molar-refractivity contribution in [2.24, 2.45) is 0 Å². The summed E-state index contributed by atoms with van der Waals surface area (Å²) in [5.41, 5.74) is 1.24. The minimum atomic E-state index is 0.679. The van der Waals surface area contributed by atoms with E-state index in [2.05, 4.69) is 34.4 Å². The van der Waals surface area contributed by atoms with Gasteiger partial charge in [0.1, 0.15) is 0 Å². The van der Waals surface area contributed by atoms with E-state index in [-0.39, 0.29) is 0 Å². The molecule has 0 bridgehead atoms. The Morgan fingerprint density at radius 1 is 1.62 bits per heavy atom. The maximum absolute atomic E-state index is 4.53. The van der Waals surface area contributed by atoms with Crippen molar-refractivity contribution < 1.29 is 0 Å². The maximum atomic E-state index is 4.53. The van der Waals surface area contributed by atoms with Gasteiger partial charge in [-0.3, -0.25) is 4.90 Å². The molecule has 0 amide bonds. The zero-order valence-corrected chi connectivity index (χ0v) is 11.0. The van der Waals surface area contributed by atoms with Gasteiger partial charge in [0.25, 0.3) is 0 Å². The molecule has 3 nitrogen and oxygen atoms in total. The lowest BCUT2D eigenvalue weighted by Gasteiger charge is -2.33. The molecule has 0 aliphatic carbocycles. The van der Waals surface area contributed by atoms with E-state index in [1.54, 1.807) is 11.3 Å². The molecule has 1 atom stereocenters. The van der Waals surface area contributed by atoms with E-state index in [1.807, 2.05) is 0 Å². The highest BCUT2D eigenvalue weighted by Crippen LogP contribution is 2.12. The van der Waals surface area contributed by atoms with Crippen LogP contribution < -0.4 is 5.32 Å². The number of nitrogens with zero attached hydrogens (tertiary/aromatic N) is 2. The van der Waals surface area contributed by atoms with Crippen LogP contribution in [-0.4, -0.2) is 35.6 Å². The van der Waals surface area contributed by atoms with Gasteiger partial charge in [-0.2, -0.15) is 0 Å². The summed E-state index contributed by atoms with van der Waals surface area (Å²) in [6, 6.07) is 0.679. The molecule has 1 aromatic heterocycles. The fourth-order valence-corrected chi connectivity index (χ4v) is 2.89. The molecule has 1 N–H and O–H groups in total. The summed E-state index contributed by atoms with van der Waals surface area (Å²) in [6.45, 7) is 8.79. The first-order valence-electron chi connectivity index (χ1n) is 6.14. The van der Waals surface area contributed by atoms with E-state index >= 15 is 0 Å². The molecule has 1 fully saturated rings. The standard InChI is InChI=1S/C12H21N3S/c1-3-4-11-7-15(6-5-13-11)8-12-9-16-10(2)14-12/h9,11,13H,3-8H2,1-2H3. The van der Waals surface area contributed by atoms with Gasteiger partial charge in [0.2, 0.25) is 0 Å². The highest BCUT2D eigenvalue weighted by molar-refractivity contribution is 7.09. The van der Waals surface area contributed by atoms with Crippen LogP contribution in [0.2, 0.25) is 0 Å². The molecule has 1 unspecified atom stereocenters. The summed E-state index contributed by atoms with van der Waals surface area (Å²) in [4.78, 5) is 7.05. The number of rotatable bonds is 4. The summed E-state index contributed by atoms with van der Waals surface area (Å²) in [5.74, 6) is 0. The minimum Gasteiger partial charge on any atom is -0.311 e. The van der Waals surface area contributed by atoms with Gasteiger partial charge in [-0.15, -0.1) is 11.3 Å². The quantitative estimate of drug-likeness (QED) is 0.871. The molecule has 1 aromatic rings. The summed E-state index contributed by atoms with van der Waals surface area (Å²) in [6.07, 6.45) is 2.55. The van der Waals surface area contributed by atoms with Gasteiger partial charge < -0.3 is 5.32 Å². The van der Waals surface area contributed by atoms with Gasteiger partial charge in [-0.05, 0) is 13.3 Å². The summed E-state index contributed by atoms with van der Waals surface area (Å²) < 4.78 is 0. The van der Waals surface area contributed by atoms with Gasteiger partial charge in [0.15, 0.2) is 0 Å². The van der Waals surface area contributed by atoms with Crippen LogP contribution in [0.4, 0.5) is 0 Å². The molecule has 0 aromatic carbocycles. The Morgan fingerprint density at radius 3 is 3.19 bits per heavy atom. The second-order valence-corrected chi connectivity index (χ2v) is 5.59. The van der Waals surface area contributed by atoms with Crippen molar-refractivity contribution >= 4 is 11.3 Å². The van der Waals surface area contributed by atoms with Gasteiger partial charge in [0.05, 0.1) is 10.7 Å². The van der Waals surface area contributed by atoms with Gasteiger partial charge in [-0.1, -0.05) is 13.3 Å². The summed E-state index contributed by atoms with van der Waals surface area (Å²) in [7, 11) is 0. The Bertz CT molecular complexity index is 322. The van der Waals surface area contributed by atoms with E-state index in [0.29, 0.717) is 6.04 Å². The van der Waals surface area contributed by atoms with Crippen LogP contribution in [0.3, 0.4) is 0 Å². The molecule has 0 radical (unpaired) electrons. The topological polar surface area (TPSA) is 28.2 Å². The minimum absolute atomic E-state index is 0.679. The van der Waals surface area contributed by atoms with Crippen LogP contribution in [-0.2, 0) is 6.54 Å². The highest BCUT2D eigenvalue weighted by atomic mass is 32.1. The number of thiazole rings is 1. The van der Waals surface area contributed by atoms with E-state index in [1.165, 1.54) is 30.1 Å². The number of aryl methyl sites for hydroxylation is 1. The fraction of sp³-hybridized carbons (Fsp3) is 0.750. The van der Waals surface area contributed by atoms with Crippen molar-refractivity contribution in [3.05, 3.63) is 16.1 Å². The maximum Gasteiger partial charge on any atom is 0.0897 e. The van der Waals surface area contributed by atoms with Crippen LogP contribution in [0.1, 0.15) is 30.5 Å². The normalized spacial score (nSPS) is 22.5. The first-order valence-corrected chi connectivity index (χ1v) is 7.02. The first kappa shape index (κ1) is 12.0.